The van der Waals surface area contributed by atoms with Crippen LogP contribution in [0, 0.1) is 23.2 Å². The molecular formula is C22H16F3N3O. The van der Waals surface area contributed by atoms with E-state index >= 15 is 0 Å². The zero-order valence-electron chi connectivity index (χ0n) is 15.2. The van der Waals surface area contributed by atoms with Crippen LogP contribution in [0.25, 0.3) is 0 Å². The van der Waals surface area contributed by atoms with Gasteiger partial charge in [0.25, 0.3) is 0 Å². The molecule has 4 nitrogen and oxygen atoms in total. The Hall–Kier alpha value is -3.71. The highest BCUT2D eigenvalue weighted by atomic mass is 19.4. The van der Waals surface area contributed by atoms with E-state index in [-0.39, 0.29) is 5.56 Å². The zero-order chi connectivity index (χ0) is 20.9. The van der Waals surface area contributed by atoms with Gasteiger partial charge in [0.2, 0.25) is 0 Å². The molecule has 1 heterocycles. The highest BCUT2D eigenvalue weighted by molar-refractivity contribution is 5.53. The molecule has 3 rings (SSSR count). The first-order chi connectivity index (χ1) is 13.9. The molecule has 0 saturated heterocycles. The highest BCUT2D eigenvalue weighted by Crippen LogP contribution is 2.33. The Bertz CT molecular complexity index is 1100. The molecule has 0 aliphatic heterocycles. The maximum atomic E-state index is 13.2. The number of phenols is 1. The first-order valence-corrected chi connectivity index (χ1v) is 8.78. The molecular weight excluding hydrogens is 379 g/mol. The first kappa shape index (κ1) is 20.0. The molecule has 1 aromatic heterocycles. The molecule has 0 aliphatic rings. The summed E-state index contributed by atoms with van der Waals surface area (Å²) in [4.78, 5) is 3.98. The summed E-state index contributed by atoms with van der Waals surface area (Å²) in [5.74, 6) is 4.89. The summed E-state index contributed by atoms with van der Waals surface area (Å²) in [6, 6.07) is 9.99. The Morgan fingerprint density at radius 1 is 1.07 bits per heavy atom. The van der Waals surface area contributed by atoms with Gasteiger partial charge in [-0.3, -0.25) is 0 Å². The lowest BCUT2D eigenvalue weighted by Crippen LogP contribution is -2.07. The predicted octanol–water partition coefficient (Wildman–Crippen LogP) is 4.51. The van der Waals surface area contributed by atoms with Gasteiger partial charge in [-0.1, -0.05) is 11.8 Å². The van der Waals surface area contributed by atoms with E-state index in [0.717, 1.165) is 24.6 Å². The van der Waals surface area contributed by atoms with Crippen molar-refractivity contribution in [2.45, 2.75) is 25.6 Å². The Balaban J connectivity index is 1.89. The van der Waals surface area contributed by atoms with Crippen LogP contribution in [0.5, 0.6) is 5.75 Å². The number of nitrogens with zero attached hydrogens (tertiary/aromatic N) is 3. The maximum Gasteiger partial charge on any atom is 0.417 e. The van der Waals surface area contributed by atoms with E-state index in [1.165, 1.54) is 6.07 Å². The number of hydrogen-bond donors (Lipinski definition) is 1. The minimum Gasteiger partial charge on any atom is -0.508 e. The van der Waals surface area contributed by atoms with Crippen LogP contribution in [0.4, 0.5) is 13.2 Å². The lowest BCUT2D eigenvalue weighted by Gasteiger charge is -2.09. The lowest BCUT2D eigenvalue weighted by molar-refractivity contribution is -0.137. The molecule has 146 valence electrons. The molecule has 0 amide bonds. The van der Waals surface area contributed by atoms with Crippen molar-refractivity contribution >= 4 is 0 Å². The molecule has 29 heavy (non-hydrogen) atoms. The Morgan fingerprint density at radius 2 is 1.83 bits per heavy atom. The summed E-state index contributed by atoms with van der Waals surface area (Å²) in [7, 11) is 0. The third-order valence-electron chi connectivity index (χ3n) is 4.30. The molecule has 0 bridgehead atoms. The van der Waals surface area contributed by atoms with Crippen molar-refractivity contribution < 1.29 is 18.3 Å². The number of aromatic nitrogens is 2. The fraction of sp³-hybridized carbons (Fsp3) is 0.182. The van der Waals surface area contributed by atoms with E-state index in [1.807, 2.05) is 10.8 Å². The van der Waals surface area contributed by atoms with Gasteiger partial charge in [-0.2, -0.15) is 18.4 Å². The van der Waals surface area contributed by atoms with Gasteiger partial charge in [-0.25, -0.2) is 4.98 Å². The number of rotatable bonds is 4. The average molecular weight is 395 g/mol. The largest absolute Gasteiger partial charge is 0.508 e. The summed E-state index contributed by atoms with van der Waals surface area (Å²) < 4.78 is 41.6. The van der Waals surface area contributed by atoms with E-state index in [0.29, 0.717) is 23.6 Å². The molecule has 0 spiro atoms. The molecule has 0 fully saturated rings. The fourth-order valence-electron chi connectivity index (χ4n) is 2.87. The van der Waals surface area contributed by atoms with Crippen LogP contribution in [0.15, 0.2) is 55.1 Å². The van der Waals surface area contributed by atoms with Gasteiger partial charge < -0.3 is 9.67 Å². The summed E-state index contributed by atoms with van der Waals surface area (Å²) in [5.41, 5.74) is 0.623. The van der Waals surface area contributed by atoms with E-state index in [4.69, 9.17) is 5.26 Å². The van der Waals surface area contributed by atoms with Crippen LogP contribution in [-0.2, 0) is 19.1 Å². The zero-order valence-corrected chi connectivity index (χ0v) is 15.2. The molecule has 3 aromatic rings. The molecule has 0 atom stereocenters. The molecule has 0 aliphatic carbocycles. The van der Waals surface area contributed by atoms with Crippen molar-refractivity contribution in [3.05, 3.63) is 82.9 Å². The number of alkyl halides is 3. The topological polar surface area (TPSA) is 61.8 Å². The van der Waals surface area contributed by atoms with Crippen molar-refractivity contribution in [2.75, 3.05) is 0 Å². The minimum atomic E-state index is -4.62. The van der Waals surface area contributed by atoms with Crippen LogP contribution in [0.3, 0.4) is 0 Å². The summed E-state index contributed by atoms with van der Waals surface area (Å²) in [5, 5.41) is 18.5. The monoisotopic (exact) mass is 395 g/mol. The van der Waals surface area contributed by atoms with E-state index < -0.39 is 17.5 Å². The van der Waals surface area contributed by atoms with Crippen LogP contribution >= 0.6 is 0 Å². The highest BCUT2D eigenvalue weighted by Gasteiger charge is 2.33. The molecule has 0 saturated carbocycles. The van der Waals surface area contributed by atoms with Crippen molar-refractivity contribution in [1.29, 1.82) is 5.26 Å². The van der Waals surface area contributed by atoms with Crippen LogP contribution in [0.1, 0.15) is 34.2 Å². The van der Waals surface area contributed by atoms with Crippen molar-refractivity contribution in [2.24, 2.45) is 0 Å². The summed E-state index contributed by atoms with van der Waals surface area (Å²) in [6.07, 6.45) is 1.97. The molecule has 2 aromatic carbocycles. The number of halogens is 3. The normalized spacial score (nSPS) is 10.8. The van der Waals surface area contributed by atoms with Gasteiger partial charge in [0.05, 0.1) is 23.5 Å². The second-order valence-electron chi connectivity index (χ2n) is 6.37. The van der Waals surface area contributed by atoms with Gasteiger partial charge in [-0.15, -0.1) is 0 Å². The van der Waals surface area contributed by atoms with Crippen molar-refractivity contribution in [3.8, 4) is 23.7 Å². The smallest absolute Gasteiger partial charge is 0.417 e. The predicted molar refractivity (Wildman–Crippen MR) is 101 cm³/mol. The van der Waals surface area contributed by atoms with Gasteiger partial charge in [0.1, 0.15) is 5.75 Å². The third-order valence-corrected chi connectivity index (χ3v) is 4.30. The molecule has 0 unspecified atom stereocenters. The number of nitriles is 1. The quantitative estimate of drug-likeness (QED) is 0.661. The maximum absolute atomic E-state index is 13.2. The van der Waals surface area contributed by atoms with Crippen LogP contribution in [0.2, 0.25) is 0 Å². The van der Waals surface area contributed by atoms with Crippen molar-refractivity contribution in [1.82, 2.24) is 9.55 Å². The van der Waals surface area contributed by atoms with E-state index in [1.54, 1.807) is 30.7 Å². The van der Waals surface area contributed by atoms with Crippen molar-refractivity contribution in [3.63, 3.8) is 0 Å². The number of aromatic hydroxyl groups is 1. The van der Waals surface area contributed by atoms with Gasteiger partial charge in [0, 0.05) is 30.1 Å². The average Bonchev–Trinajstić information content (AvgIpc) is 3.20. The minimum absolute atomic E-state index is 0.218. The van der Waals surface area contributed by atoms with Crippen LogP contribution in [-0.4, -0.2) is 14.7 Å². The number of benzene rings is 2. The van der Waals surface area contributed by atoms with Gasteiger partial charge in [-0.05, 0) is 54.8 Å². The molecule has 1 N–H and O–H groups in total. The third kappa shape index (κ3) is 5.18. The second kappa shape index (κ2) is 8.53. The number of aryl methyl sites for hydroxylation is 2. The van der Waals surface area contributed by atoms with E-state index in [9.17, 15) is 18.3 Å². The molecule has 7 heteroatoms. The van der Waals surface area contributed by atoms with Gasteiger partial charge >= 0.3 is 6.18 Å². The SMILES string of the molecule is N#Cc1ccc(C#Cc2ccc(O)cc2C(F)(F)F)c(CCCn2ccnc2)c1. The van der Waals surface area contributed by atoms with Gasteiger partial charge in [0.15, 0.2) is 0 Å². The second-order valence-corrected chi connectivity index (χ2v) is 6.37. The fourth-order valence-corrected chi connectivity index (χ4v) is 2.87. The summed E-state index contributed by atoms with van der Waals surface area (Å²) in [6.45, 7) is 0.722. The number of hydrogen-bond acceptors (Lipinski definition) is 3. The first-order valence-electron chi connectivity index (χ1n) is 8.78. The Morgan fingerprint density at radius 3 is 2.52 bits per heavy atom. The Kier molecular flexibility index (Phi) is 5.90. The lowest BCUT2D eigenvalue weighted by atomic mass is 9.99. The number of imidazole rings is 1. The number of phenolic OH excluding ortho intramolecular Hbond substituents is 1. The molecule has 0 radical (unpaired) electrons. The standard InChI is InChI=1S/C22H16F3N3O/c23-22(24,25)21-13-20(29)8-7-18(21)6-5-17-4-3-16(14-26)12-19(17)2-1-10-28-11-9-27-15-28/h3-4,7-9,11-13,15,29H,1-2,10H2. The Labute approximate surface area is 165 Å². The van der Waals surface area contributed by atoms with Crippen LogP contribution < -0.4 is 0 Å². The van der Waals surface area contributed by atoms with E-state index in [2.05, 4.69) is 22.9 Å². The summed E-state index contributed by atoms with van der Waals surface area (Å²) >= 11 is 0.